The summed E-state index contributed by atoms with van der Waals surface area (Å²) in [5.41, 5.74) is 1.19. The van der Waals surface area contributed by atoms with Crippen LogP contribution in [0.3, 0.4) is 0 Å². The fourth-order valence-corrected chi connectivity index (χ4v) is 11.4. The van der Waals surface area contributed by atoms with Gasteiger partial charge in [-0.2, -0.15) is 0 Å². The first kappa shape index (κ1) is 44.3. The molecule has 13 heteroatoms. The van der Waals surface area contributed by atoms with E-state index in [4.69, 9.17) is 42.6 Å². The maximum atomic E-state index is 13.2. The maximum absolute atomic E-state index is 13.2. The molecule has 0 fully saturated rings. The molecule has 310 valence electrons. The fraction of sp³-hybridized carbons (Fsp3) is 0.217. The Labute approximate surface area is 347 Å². The topological polar surface area (TPSA) is 83.1 Å². The van der Waals surface area contributed by atoms with Crippen LogP contribution in [0.2, 0.25) is 0 Å². The van der Waals surface area contributed by atoms with Crippen molar-refractivity contribution in [1.82, 2.24) is 0 Å². The Morgan fingerprint density at radius 2 is 0.559 bits per heavy atom. The van der Waals surface area contributed by atoms with Gasteiger partial charge in [0, 0.05) is 44.3 Å². The molecule has 0 spiro atoms. The van der Waals surface area contributed by atoms with E-state index in [1.165, 1.54) is 35.1 Å². The Morgan fingerprint density at radius 3 is 0.780 bits per heavy atom. The van der Waals surface area contributed by atoms with E-state index >= 15 is 0 Å². The number of halogens is 2. The molecule has 0 heterocycles. The number of ether oxygens (including phenoxy) is 9. The lowest BCUT2D eigenvalue weighted by molar-refractivity contribution is 0.378. The van der Waals surface area contributed by atoms with Gasteiger partial charge in [0.15, 0.2) is 0 Å². The van der Waals surface area contributed by atoms with Crippen LogP contribution in [0, 0.1) is 18.6 Å². The van der Waals surface area contributed by atoms with Gasteiger partial charge in [0.2, 0.25) is 0 Å². The van der Waals surface area contributed by atoms with Crippen LogP contribution in [0.25, 0.3) is 0 Å². The second kappa shape index (κ2) is 20.8. The molecule has 0 unspecified atom stereocenters. The van der Waals surface area contributed by atoms with Gasteiger partial charge < -0.3 is 42.6 Å². The molecule has 6 rings (SSSR count). The van der Waals surface area contributed by atoms with Crippen LogP contribution in [0.15, 0.2) is 109 Å². The number of hydrogen-bond donors (Lipinski definition) is 0. The molecule has 9 nitrogen and oxygen atoms in total. The highest BCUT2D eigenvalue weighted by molar-refractivity contribution is 7.81. The number of methoxy groups -OCH3 is 9. The Morgan fingerprint density at radius 1 is 0.322 bits per heavy atom. The first-order chi connectivity index (χ1) is 28.6. The highest BCUT2D eigenvalue weighted by atomic mass is 31.1. The van der Waals surface area contributed by atoms with E-state index in [9.17, 15) is 8.78 Å². The van der Waals surface area contributed by atoms with Crippen molar-refractivity contribution >= 4 is 47.7 Å². The normalized spacial score (nSPS) is 10.7. The van der Waals surface area contributed by atoms with Gasteiger partial charge in [0.1, 0.15) is 63.4 Å². The minimum Gasteiger partial charge on any atom is -0.496 e. The molecular formula is C46H48F2O9P2. The third kappa shape index (κ3) is 10.1. The summed E-state index contributed by atoms with van der Waals surface area (Å²) in [6, 6.07) is 32.3. The van der Waals surface area contributed by atoms with Gasteiger partial charge in [0.05, 0.1) is 79.9 Å². The number of benzene rings is 6. The monoisotopic (exact) mass is 844 g/mol. The summed E-state index contributed by atoms with van der Waals surface area (Å²) in [7, 11) is 11.9. The van der Waals surface area contributed by atoms with Gasteiger partial charge in [-0.3, -0.25) is 0 Å². The molecule has 6 aromatic carbocycles. The van der Waals surface area contributed by atoms with Crippen molar-refractivity contribution < 1.29 is 51.4 Å². The molecule has 0 bridgehead atoms. The largest absolute Gasteiger partial charge is 0.496 e. The first-order valence-corrected chi connectivity index (χ1v) is 20.8. The highest BCUT2D eigenvalue weighted by Crippen LogP contribution is 2.52. The predicted octanol–water partition coefficient (Wildman–Crippen LogP) is 7.55. The second-order valence-corrected chi connectivity index (χ2v) is 16.8. The Balaban J connectivity index is 0.000000254. The van der Waals surface area contributed by atoms with E-state index in [1.807, 2.05) is 31.2 Å². The number of hydrogen-bond acceptors (Lipinski definition) is 9. The Bertz CT molecular complexity index is 1970. The van der Waals surface area contributed by atoms with Crippen LogP contribution in [-0.4, -0.2) is 64.0 Å². The van der Waals surface area contributed by atoms with Crippen LogP contribution in [0.1, 0.15) is 5.56 Å². The van der Waals surface area contributed by atoms with E-state index in [-0.39, 0.29) is 11.6 Å². The van der Waals surface area contributed by atoms with Gasteiger partial charge in [-0.15, -0.1) is 0 Å². The molecular weight excluding hydrogens is 796 g/mol. The van der Waals surface area contributed by atoms with Gasteiger partial charge in [-0.05, 0) is 55.0 Å². The number of rotatable bonds is 15. The molecule has 0 saturated carbocycles. The average molecular weight is 845 g/mol. The Hall–Kier alpha value is -5.76. The van der Waals surface area contributed by atoms with Crippen molar-refractivity contribution in [2.45, 2.75) is 6.92 Å². The quantitative estimate of drug-likeness (QED) is 0.0974. The molecule has 0 N–H and O–H groups in total. The van der Waals surface area contributed by atoms with Crippen molar-refractivity contribution in [2.24, 2.45) is 0 Å². The van der Waals surface area contributed by atoms with E-state index in [0.717, 1.165) is 26.5 Å². The Kier molecular flexibility index (Phi) is 15.6. The van der Waals surface area contributed by atoms with Gasteiger partial charge in [0.25, 0.3) is 0 Å². The van der Waals surface area contributed by atoms with Crippen molar-refractivity contribution in [1.29, 1.82) is 0 Å². The molecule has 59 heavy (non-hydrogen) atoms. The standard InChI is InChI=1S/C27H33O9P.C19H15F2P/c1-28-16-10-19(31-4)25(20(11-16)32-5)37(26-21(33-6)12-17(29-2)13-22(26)34-7)27-23(35-8)14-18(30-3)15-24(27)36-9;1-14-2-8-17(9-3-14)22(18-10-4-15(20)5-11-18)19-12-6-16(21)7-13-19/h10-15H,1-9H3;2-13H,1H3. The summed E-state index contributed by atoms with van der Waals surface area (Å²) in [6.07, 6.45) is 0. The lowest BCUT2D eigenvalue weighted by Crippen LogP contribution is -2.27. The van der Waals surface area contributed by atoms with Crippen LogP contribution in [0.4, 0.5) is 8.78 Å². The van der Waals surface area contributed by atoms with E-state index in [1.54, 1.807) is 100 Å². The van der Waals surface area contributed by atoms with Crippen LogP contribution < -0.4 is 74.5 Å². The summed E-state index contributed by atoms with van der Waals surface area (Å²) in [4.78, 5) is 0. The van der Waals surface area contributed by atoms with E-state index in [0.29, 0.717) is 51.7 Å². The summed E-state index contributed by atoms with van der Waals surface area (Å²) in [5.74, 6) is 4.50. The lowest BCUT2D eigenvalue weighted by atomic mass is 10.2. The maximum Gasteiger partial charge on any atom is 0.134 e. The fourth-order valence-electron chi connectivity index (χ4n) is 6.28. The van der Waals surface area contributed by atoms with Gasteiger partial charge in [-0.1, -0.05) is 54.1 Å². The van der Waals surface area contributed by atoms with E-state index < -0.39 is 15.8 Å². The van der Waals surface area contributed by atoms with Crippen molar-refractivity contribution in [3.63, 3.8) is 0 Å². The SMILES string of the molecule is COc1cc(OC)c(P(c2c(OC)cc(OC)cc2OC)c2c(OC)cc(OC)cc2OC)c(OC)c1.Cc1ccc(P(c2ccc(F)cc2)c2ccc(F)cc2)cc1. The van der Waals surface area contributed by atoms with Crippen molar-refractivity contribution in [3.8, 4) is 51.7 Å². The zero-order valence-corrected chi connectivity index (χ0v) is 36.5. The summed E-state index contributed by atoms with van der Waals surface area (Å²) in [5, 5.41) is 5.48. The molecule has 0 aliphatic heterocycles. The minimum atomic E-state index is -1.57. The molecule has 0 atom stereocenters. The minimum absolute atomic E-state index is 0.248. The third-order valence-electron chi connectivity index (χ3n) is 9.20. The van der Waals surface area contributed by atoms with Crippen LogP contribution in [-0.2, 0) is 0 Å². The smallest absolute Gasteiger partial charge is 0.134 e. The summed E-state index contributed by atoms with van der Waals surface area (Å²) in [6.45, 7) is 2.04. The third-order valence-corrected chi connectivity index (χ3v) is 14.3. The zero-order valence-electron chi connectivity index (χ0n) is 34.7. The predicted molar refractivity (Wildman–Crippen MR) is 234 cm³/mol. The molecule has 0 aromatic heterocycles. The average Bonchev–Trinajstić information content (AvgIpc) is 3.28. The molecule has 0 amide bonds. The van der Waals surface area contributed by atoms with Gasteiger partial charge in [-0.25, -0.2) is 8.78 Å². The second-order valence-electron chi connectivity index (χ2n) is 12.6. The van der Waals surface area contributed by atoms with Gasteiger partial charge >= 0.3 is 0 Å². The highest BCUT2D eigenvalue weighted by Gasteiger charge is 2.36. The van der Waals surface area contributed by atoms with Crippen molar-refractivity contribution in [3.05, 3.63) is 126 Å². The summed E-state index contributed by atoms with van der Waals surface area (Å²) < 4.78 is 78.2. The summed E-state index contributed by atoms with van der Waals surface area (Å²) >= 11 is 0. The number of aryl methyl sites for hydroxylation is 1. The molecule has 0 radical (unpaired) electrons. The van der Waals surface area contributed by atoms with E-state index in [2.05, 4.69) is 24.3 Å². The molecule has 0 saturated heterocycles. The first-order valence-electron chi connectivity index (χ1n) is 18.2. The molecule has 0 aliphatic rings. The lowest BCUT2D eigenvalue weighted by Gasteiger charge is -2.29. The van der Waals surface area contributed by atoms with Crippen molar-refractivity contribution in [2.75, 3.05) is 64.0 Å². The molecule has 0 aliphatic carbocycles. The zero-order chi connectivity index (χ0) is 42.6. The molecule has 6 aromatic rings. The van der Waals surface area contributed by atoms with Crippen LogP contribution in [0.5, 0.6) is 51.7 Å². The van der Waals surface area contributed by atoms with Crippen LogP contribution >= 0.6 is 15.8 Å².